The maximum atomic E-state index is 2.16. The predicted octanol–water partition coefficient (Wildman–Crippen LogP) is 1.97. The minimum Gasteiger partial charge on any atom is -0.114 e. The van der Waals surface area contributed by atoms with E-state index in [0.29, 0.717) is 0 Å². The van der Waals surface area contributed by atoms with Gasteiger partial charge in [0.15, 0.2) is 7.28 Å². The molecule has 1 aliphatic heterocycles. The first-order valence-electron chi connectivity index (χ1n) is 3.58. The highest BCUT2D eigenvalue weighted by atomic mass is 13.8. The molecular weight excluding hydrogens is 119 g/mol. The summed E-state index contributed by atoms with van der Waals surface area (Å²) in [4.78, 5) is 0. The highest BCUT2D eigenvalue weighted by molar-refractivity contribution is 6.53. The van der Waals surface area contributed by atoms with E-state index in [-0.39, 0.29) is 0 Å². The van der Waals surface area contributed by atoms with Crippen molar-refractivity contribution in [2.75, 3.05) is 0 Å². The van der Waals surface area contributed by atoms with E-state index in [0.717, 1.165) is 7.28 Å². The molecule has 10 heavy (non-hydrogen) atoms. The minimum atomic E-state index is 1.09. The van der Waals surface area contributed by atoms with E-state index >= 15 is 0 Å². The first kappa shape index (κ1) is 7.14. The van der Waals surface area contributed by atoms with Crippen LogP contribution in [0, 0.1) is 0 Å². The van der Waals surface area contributed by atoms with Crippen molar-refractivity contribution in [2.45, 2.75) is 6.92 Å². The summed E-state index contributed by atoms with van der Waals surface area (Å²) in [5.74, 6) is 2.16. The maximum absolute atomic E-state index is 2.16. The molecule has 0 fully saturated rings. The molecule has 0 N–H and O–H groups in total. The quantitative estimate of drug-likeness (QED) is 0.396. The molecule has 0 bridgehead atoms. The number of rotatable bonds is 2. The van der Waals surface area contributed by atoms with Crippen LogP contribution in [-0.4, -0.2) is 7.28 Å². The van der Waals surface area contributed by atoms with Crippen molar-refractivity contribution in [1.29, 1.82) is 0 Å². The SMILES string of the molecule is CC=CC=CC1=CC=CB1. The Hall–Kier alpha value is -0.975. The minimum absolute atomic E-state index is 1.09. The summed E-state index contributed by atoms with van der Waals surface area (Å²) in [6.07, 6.45) is 12.5. The molecule has 0 saturated heterocycles. The Bertz CT molecular complexity index is 207. The van der Waals surface area contributed by atoms with E-state index in [2.05, 4.69) is 30.3 Å². The fourth-order valence-corrected chi connectivity index (χ4v) is 0.878. The molecule has 0 nitrogen and oxygen atoms in total. The average Bonchev–Trinajstić information content (AvgIpc) is 2.41. The second-order valence-corrected chi connectivity index (χ2v) is 2.26. The summed E-state index contributed by atoms with van der Waals surface area (Å²) in [5, 5.41) is 0. The predicted molar refractivity (Wildman–Crippen MR) is 48.3 cm³/mol. The van der Waals surface area contributed by atoms with Gasteiger partial charge in [-0.25, -0.2) is 0 Å². The summed E-state index contributed by atoms with van der Waals surface area (Å²) >= 11 is 0. The van der Waals surface area contributed by atoms with E-state index in [4.69, 9.17) is 0 Å². The zero-order valence-electron chi connectivity index (χ0n) is 6.25. The molecule has 0 aromatic carbocycles. The van der Waals surface area contributed by atoms with E-state index < -0.39 is 0 Å². The van der Waals surface area contributed by atoms with Crippen LogP contribution in [-0.2, 0) is 0 Å². The van der Waals surface area contributed by atoms with Crippen molar-refractivity contribution >= 4 is 7.28 Å². The summed E-state index contributed by atoms with van der Waals surface area (Å²) in [6, 6.07) is 0. The zero-order valence-corrected chi connectivity index (χ0v) is 6.25. The monoisotopic (exact) mass is 130 g/mol. The number of allylic oxidation sites excluding steroid dienone is 7. The lowest BCUT2D eigenvalue weighted by molar-refractivity contribution is 1.72. The Morgan fingerprint density at radius 2 is 2.30 bits per heavy atom. The van der Waals surface area contributed by atoms with Gasteiger partial charge in [-0.2, -0.15) is 0 Å². The van der Waals surface area contributed by atoms with Gasteiger partial charge in [0.25, 0.3) is 0 Å². The van der Waals surface area contributed by atoms with Crippen LogP contribution < -0.4 is 0 Å². The topological polar surface area (TPSA) is 0 Å². The van der Waals surface area contributed by atoms with Gasteiger partial charge in [-0.3, -0.25) is 0 Å². The molecule has 0 spiro atoms. The fourth-order valence-electron chi connectivity index (χ4n) is 0.878. The second-order valence-electron chi connectivity index (χ2n) is 2.26. The van der Waals surface area contributed by atoms with Crippen molar-refractivity contribution in [2.24, 2.45) is 0 Å². The van der Waals surface area contributed by atoms with Crippen LogP contribution in [0.15, 0.2) is 47.9 Å². The van der Waals surface area contributed by atoms with Gasteiger partial charge >= 0.3 is 0 Å². The van der Waals surface area contributed by atoms with Crippen LogP contribution >= 0.6 is 0 Å². The third-order valence-electron chi connectivity index (χ3n) is 1.41. The smallest absolute Gasteiger partial charge is 0.114 e. The van der Waals surface area contributed by atoms with Crippen molar-refractivity contribution in [1.82, 2.24) is 0 Å². The van der Waals surface area contributed by atoms with Gasteiger partial charge in [-0.1, -0.05) is 41.9 Å². The molecule has 0 aromatic heterocycles. The average molecular weight is 130 g/mol. The van der Waals surface area contributed by atoms with Gasteiger partial charge in [0.1, 0.15) is 0 Å². The molecule has 0 amide bonds. The van der Waals surface area contributed by atoms with Gasteiger partial charge in [-0.15, -0.1) is 5.98 Å². The number of hydrogen-bond acceptors (Lipinski definition) is 0. The molecule has 0 unspecified atom stereocenters. The molecule has 0 radical (unpaired) electrons. The van der Waals surface area contributed by atoms with Crippen LogP contribution in [0.5, 0.6) is 0 Å². The Balaban J connectivity index is 2.39. The van der Waals surface area contributed by atoms with Crippen molar-refractivity contribution in [3.8, 4) is 0 Å². The van der Waals surface area contributed by atoms with Gasteiger partial charge < -0.3 is 0 Å². The molecule has 0 aliphatic carbocycles. The Morgan fingerprint density at radius 3 is 2.90 bits per heavy atom. The summed E-state index contributed by atoms with van der Waals surface area (Å²) in [6.45, 7) is 2.02. The largest absolute Gasteiger partial charge is 0.182 e. The molecule has 50 valence electrons. The Morgan fingerprint density at radius 1 is 1.40 bits per heavy atom. The van der Waals surface area contributed by atoms with Gasteiger partial charge in [0.05, 0.1) is 0 Å². The van der Waals surface area contributed by atoms with E-state index in [1.165, 1.54) is 5.47 Å². The van der Waals surface area contributed by atoms with E-state index in [1.54, 1.807) is 0 Å². The molecule has 1 rings (SSSR count). The third-order valence-corrected chi connectivity index (χ3v) is 1.41. The number of hydrogen-bond donors (Lipinski definition) is 0. The Labute approximate surface area is 62.9 Å². The van der Waals surface area contributed by atoms with E-state index in [1.807, 2.05) is 19.1 Å². The lowest BCUT2D eigenvalue weighted by atomic mass is 9.73. The zero-order chi connectivity index (χ0) is 7.23. The van der Waals surface area contributed by atoms with Crippen molar-refractivity contribution in [3.63, 3.8) is 0 Å². The molecule has 1 heteroatoms. The summed E-state index contributed by atoms with van der Waals surface area (Å²) in [5.41, 5.74) is 1.39. The van der Waals surface area contributed by atoms with Crippen LogP contribution in [0.2, 0.25) is 0 Å². The van der Waals surface area contributed by atoms with Crippen LogP contribution in [0.3, 0.4) is 0 Å². The lowest BCUT2D eigenvalue weighted by Crippen LogP contribution is -1.81. The molecule has 0 atom stereocenters. The molecule has 0 saturated carbocycles. The second kappa shape index (κ2) is 3.94. The highest BCUT2D eigenvalue weighted by Crippen LogP contribution is 2.02. The highest BCUT2D eigenvalue weighted by Gasteiger charge is 1.93. The Kier molecular flexibility index (Phi) is 2.81. The van der Waals surface area contributed by atoms with Gasteiger partial charge in [0, 0.05) is 0 Å². The first-order valence-corrected chi connectivity index (χ1v) is 3.58. The van der Waals surface area contributed by atoms with E-state index in [9.17, 15) is 0 Å². The lowest BCUT2D eigenvalue weighted by Gasteiger charge is -1.84. The standard InChI is InChI=1S/C9H11B/c1-2-3-4-6-9-7-5-8-10-9/h2-8,10H,1H3. The molecule has 1 aliphatic rings. The van der Waals surface area contributed by atoms with Crippen LogP contribution in [0.4, 0.5) is 0 Å². The van der Waals surface area contributed by atoms with Crippen LogP contribution in [0.1, 0.15) is 6.92 Å². The van der Waals surface area contributed by atoms with Crippen molar-refractivity contribution < 1.29 is 0 Å². The summed E-state index contributed by atoms with van der Waals surface area (Å²) < 4.78 is 0. The fraction of sp³-hybridized carbons (Fsp3) is 0.111. The van der Waals surface area contributed by atoms with Gasteiger partial charge in [-0.05, 0) is 6.92 Å². The molecular formula is C9H11B. The normalized spacial score (nSPS) is 16.7. The van der Waals surface area contributed by atoms with Gasteiger partial charge in [0.2, 0.25) is 0 Å². The molecule has 0 aromatic rings. The van der Waals surface area contributed by atoms with Crippen molar-refractivity contribution in [3.05, 3.63) is 47.9 Å². The summed E-state index contributed by atoms with van der Waals surface area (Å²) in [7, 11) is 1.09. The molecule has 1 heterocycles. The third kappa shape index (κ3) is 2.10. The maximum Gasteiger partial charge on any atom is 0.182 e. The first-order chi connectivity index (χ1) is 4.93. The van der Waals surface area contributed by atoms with Crippen LogP contribution in [0.25, 0.3) is 0 Å².